The molecule has 0 fully saturated rings. The second-order valence-electron chi connectivity index (χ2n) is 8.04. The zero-order valence-electron chi connectivity index (χ0n) is 18.3. The van der Waals surface area contributed by atoms with E-state index in [2.05, 4.69) is 16.0 Å². The Kier molecular flexibility index (Phi) is 12.4. The number of hydrogen-bond acceptors (Lipinski definition) is 7. The fourth-order valence-electron chi connectivity index (χ4n) is 2.64. The van der Waals surface area contributed by atoms with Gasteiger partial charge >= 0.3 is 11.9 Å². The molecule has 12 heteroatoms. The third-order valence-corrected chi connectivity index (χ3v) is 4.38. The minimum atomic E-state index is -1.43. The van der Waals surface area contributed by atoms with Gasteiger partial charge in [-0.05, 0) is 24.7 Å². The Hall–Kier alpha value is -2.73. The Bertz CT molecular complexity index is 653. The van der Waals surface area contributed by atoms with E-state index in [4.69, 9.17) is 15.9 Å². The predicted octanol–water partition coefficient (Wildman–Crippen LogP) is -1.59. The van der Waals surface area contributed by atoms with E-state index in [1.807, 2.05) is 13.8 Å². The number of rotatable bonds is 14. The van der Waals surface area contributed by atoms with Crippen LogP contribution in [0, 0.1) is 11.8 Å². The summed E-state index contributed by atoms with van der Waals surface area (Å²) in [6, 6.07) is -4.80. The van der Waals surface area contributed by atoms with Crippen molar-refractivity contribution in [2.45, 2.75) is 71.1 Å². The second kappa shape index (κ2) is 13.5. The van der Waals surface area contributed by atoms with Crippen molar-refractivity contribution in [2.24, 2.45) is 17.6 Å². The zero-order chi connectivity index (χ0) is 24.3. The number of aliphatic hydroxyl groups is 1. The van der Waals surface area contributed by atoms with Crippen molar-refractivity contribution < 1.29 is 39.3 Å². The van der Waals surface area contributed by atoms with E-state index < -0.39 is 72.8 Å². The summed E-state index contributed by atoms with van der Waals surface area (Å²) in [4.78, 5) is 59.4. The normalized spacial score (nSPS) is 15.0. The Morgan fingerprint density at radius 1 is 0.839 bits per heavy atom. The highest BCUT2D eigenvalue weighted by molar-refractivity contribution is 5.94. The SMILES string of the molecule is CC(C)CC(NC(=O)C(N)CO)C(=O)NC(C(=O)NC(CCC(=O)O)C(=O)O)C(C)C. The van der Waals surface area contributed by atoms with Crippen LogP contribution in [-0.4, -0.2) is 75.8 Å². The highest BCUT2D eigenvalue weighted by Gasteiger charge is 2.32. The van der Waals surface area contributed by atoms with Gasteiger partial charge in [-0.1, -0.05) is 27.7 Å². The minimum absolute atomic E-state index is 0.000127. The molecule has 0 bridgehead atoms. The smallest absolute Gasteiger partial charge is 0.326 e. The molecule has 0 rings (SSSR count). The first-order valence-electron chi connectivity index (χ1n) is 10.0. The molecule has 0 aromatic carbocycles. The molecular weight excluding hydrogens is 412 g/mol. The van der Waals surface area contributed by atoms with Crippen LogP contribution >= 0.6 is 0 Å². The van der Waals surface area contributed by atoms with Crippen molar-refractivity contribution in [3.8, 4) is 0 Å². The van der Waals surface area contributed by atoms with Crippen molar-refractivity contribution in [1.82, 2.24) is 16.0 Å². The van der Waals surface area contributed by atoms with Gasteiger partial charge in [0.25, 0.3) is 0 Å². The number of carbonyl (C=O) groups is 5. The average Bonchev–Trinajstić information content (AvgIpc) is 2.66. The molecule has 4 atom stereocenters. The van der Waals surface area contributed by atoms with E-state index >= 15 is 0 Å². The third kappa shape index (κ3) is 10.7. The maximum atomic E-state index is 12.8. The molecule has 8 N–H and O–H groups in total. The standard InChI is InChI=1S/C19H34N4O8/c1-9(2)7-13(22-16(27)11(20)8-24)17(28)23-15(10(3)4)18(29)21-12(19(30)31)5-6-14(25)26/h9-13,15,24H,5-8,20H2,1-4H3,(H,21,29)(H,22,27)(H,23,28)(H,25,26)(H,30,31). The highest BCUT2D eigenvalue weighted by Crippen LogP contribution is 2.09. The number of carboxylic acids is 2. The van der Waals surface area contributed by atoms with Gasteiger partial charge in [-0.25, -0.2) is 4.79 Å². The number of aliphatic carboxylic acids is 2. The molecule has 3 amide bonds. The van der Waals surface area contributed by atoms with Crippen molar-refractivity contribution in [2.75, 3.05) is 6.61 Å². The van der Waals surface area contributed by atoms with Crippen LogP contribution in [0.2, 0.25) is 0 Å². The van der Waals surface area contributed by atoms with Crippen LogP contribution < -0.4 is 21.7 Å². The van der Waals surface area contributed by atoms with Gasteiger partial charge < -0.3 is 37.0 Å². The van der Waals surface area contributed by atoms with E-state index in [-0.39, 0.29) is 18.8 Å². The van der Waals surface area contributed by atoms with Crippen LogP contribution in [-0.2, 0) is 24.0 Å². The number of carboxylic acid groups (broad SMARTS) is 2. The van der Waals surface area contributed by atoms with Gasteiger partial charge in [-0.2, -0.15) is 0 Å². The maximum Gasteiger partial charge on any atom is 0.326 e. The zero-order valence-corrected chi connectivity index (χ0v) is 18.3. The molecule has 0 heterocycles. The fourth-order valence-corrected chi connectivity index (χ4v) is 2.64. The van der Waals surface area contributed by atoms with Gasteiger partial charge in [-0.15, -0.1) is 0 Å². The second-order valence-corrected chi connectivity index (χ2v) is 8.04. The summed E-state index contributed by atoms with van der Waals surface area (Å²) < 4.78 is 0. The molecular formula is C19H34N4O8. The third-order valence-electron chi connectivity index (χ3n) is 4.38. The molecule has 0 saturated carbocycles. The van der Waals surface area contributed by atoms with Crippen LogP contribution in [0.4, 0.5) is 0 Å². The maximum absolute atomic E-state index is 12.8. The van der Waals surface area contributed by atoms with Crippen LogP contribution in [0.5, 0.6) is 0 Å². The number of carbonyl (C=O) groups excluding carboxylic acids is 3. The van der Waals surface area contributed by atoms with Crippen LogP contribution in [0.1, 0.15) is 47.0 Å². The first-order chi connectivity index (χ1) is 14.3. The summed E-state index contributed by atoms with van der Waals surface area (Å²) >= 11 is 0. The largest absolute Gasteiger partial charge is 0.481 e. The lowest BCUT2D eigenvalue weighted by Crippen LogP contribution is -2.58. The number of amides is 3. The monoisotopic (exact) mass is 446 g/mol. The lowest BCUT2D eigenvalue weighted by atomic mass is 9.99. The van der Waals surface area contributed by atoms with E-state index in [1.54, 1.807) is 13.8 Å². The Morgan fingerprint density at radius 3 is 1.81 bits per heavy atom. The summed E-state index contributed by atoms with van der Waals surface area (Å²) in [7, 11) is 0. The van der Waals surface area contributed by atoms with Crippen LogP contribution in [0.15, 0.2) is 0 Å². The summed E-state index contributed by atoms with van der Waals surface area (Å²) in [6.45, 7) is 6.31. The van der Waals surface area contributed by atoms with Crippen molar-refractivity contribution in [1.29, 1.82) is 0 Å². The van der Waals surface area contributed by atoms with Crippen molar-refractivity contribution in [3.63, 3.8) is 0 Å². The predicted molar refractivity (Wildman–Crippen MR) is 110 cm³/mol. The summed E-state index contributed by atoms with van der Waals surface area (Å²) in [5.74, 6) is -5.23. The van der Waals surface area contributed by atoms with Gasteiger partial charge in [-0.3, -0.25) is 19.2 Å². The summed E-state index contributed by atoms with van der Waals surface area (Å²) in [5.41, 5.74) is 5.47. The Morgan fingerprint density at radius 2 is 1.39 bits per heavy atom. The molecule has 0 saturated heterocycles. The van der Waals surface area contributed by atoms with Gasteiger partial charge in [0.05, 0.1) is 6.61 Å². The lowest BCUT2D eigenvalue weighted by Gasteiger charge is -2.27. The molecule has 0 aliphatic rings. The number of nitrogens with two attached hydrogens (primary N) is 1. The van der Waals surface area contributed by atoms with Crippen molar-refractivity contribution in [3.05, 3.63) is 0 Å². The van der Waals surface area contributed by atoms with Gasteiger partial charge in [0.1, 0.15) is 24.2 Å². The summed E-state index contributed by atoms with van der Waals surface area (Å²) in [5, 5.41) is 34.2. The minimum Gasteiger partial charge on any atom is -0.481 e. The van der Waals surface area contributed by atoms with E-state index in [9.17, 15) is 29.1 Å². The molecule has 31 heavy (non-hydrogen) atoms. The van der Waals surface area contributed by atoms with Crippen LogP contribution in [0.3, 0.4) is 0 Å². The summed E-state index contributed by atoms with van der Waals surface area (Å²) in [6.07, 6.45) is -0.539. The Balaban J connectivity index is 5.37. The fraction of sp³-hybridized carbons (Fsp3) is 0.737. The average molecular weight is 447 g/mol. The van der Waals surface area contributed by atoms with Gasteiger partial charge in [0, 0.05) is 6.42 Å². The lowest BCUT2D eigenvalue weighted by molar-refractivity contribution is -0.143. The molecule has 0 aliphatic carbocycles. The molecule has 0 radical (unpaired) electrons. The van der Waals surface area contributed by atoms with Gasteiger partial charge in [0.2, 0.25) is 17.7 Å². The number of aliphatic hydroxyl groups excluding tert-OH is 1. The van der Waals surface area contributed by atoms with Gasteiger partial charge in [0.15, 0.2) is 0 Å². The van der Waals surface area contributed by atoms with Crippen molar-refractivity contribution >= 4 is 29.7 Å². The van der Waals surface area contributed by atoms with E-state index in [0.29, 0.717) is 0 Å². The molecule has 12 nitrogen and oxygen atoms in total. The molecule has 0 aromatic heterocycles. The molecule has 178 valence electrons. The highest BCUT2D eigenvalue weighted by atomic mass is 16.4. The first kappa shape index (κ1) is 28.3. The first-order valence-corrected chi connectivity index (χ1v) is 10.0. The van der Waals surface area contributed by atoms with E-state index in [1.165, 1.54) is 0 Å². The van der Waals surface area contributed by atoms with Crippen LogP contribution in [0.25, 0.3) is 0 Å². The Labute approximate surface area is 180 Å². The number of hydrogen-bond donors (Lipinski definition) is 7. The molecule has 0 aromatic rings. The van der Waals surface area contributed by atoms with E-state index in [0.717, 1.165) is 0 Å². The molecule has 4 unspecified atom stereocenters. The molecule has 0 spiro atoms. The quantitative estimate of drug-likeness (QED) is 0.164. The molecule has 0 aliphatic heterocycles. The topological polar surface area (TPSA) is 208 Å². The number of nitrogens with one attached hydrogen (secondary N) is 3.